The van der Waals surface area contributed by atoms with Crippen molar-refractivity contribution in [3.8, 4) is 0 Å². The molecule has 0 heterocycles. The Bertz CT molecular complexity index is 576. The van der Waals surface area contributed by atoms with Gasteiger partial charge in [0.15, 0.2) is 0 Å². The predicted octanol–water partition coefficient (Wildman–Crippen LogP) is 1.66. The van der Waals surface area contributed by atoms with E-state index in [1.54, 1.807) is 0 Å². The van der Waals surface area contributed by atoms with Gasteiger partial charge < -0.3 is 4.74 Å². The summed E-state index contributed by atoms with van der Waals surface area (Å²) in [5, 5.41) is 0.105. The second-order valence-electron chi connectivity index (χ2n) is 3.73. The molecule has 5 nitrogen and oxygen atoms in total. The highest BCUT2D eigenvalue weighted by Gasteiger charge is 2.24. The van der Waals surface area contributed by atoms with E-state index in [9.17, 15) is 17.6 Å². The van der Waals surface area contributed by atoms with Gasteiger partial charge in [-0.3, -0.25) is 4.79 Å². The highest BCUT2D eigenvalue weighted by atomic mass is 35.5. The van der Waals surface area contributed by atoms with E-state index in [1.807, 2.05) is 0 Å². The van der Waals surface area contributed by atoms with Crippen molar-refractivity contribution in [3.05, 3.63) is 29.0 Å². The molecule has 0 unspecified atom stereocenters. The zero-order chi connectivity index (χ0) is 14.6. The molecule has 106 valence electrons. The second-order valence-corrected chi connectivity index (χ2v) is 6.18. The Labute approximate surface area is 116 Å². The molecule has 0 N–H and O–H groups in total. The summed E-state index contributed by atoms with van der Waals surface area (Å²) in [5.41, 5.74) is 0. The molecule has 0 saturated carbocycles. The van der Waals surface area contributed by atoms with E-state index in [0.717, 1.165) is 16.4 Å². The van der Waals surface area contributed by atoms with Gasteiger partial charge in [0.1, 0.15) is 10.7 Å². The van der Waals surface area contributed by atoms with Crippen LogP contribution in [0.15, 0.2) is 23.1 Å². The Balaban J connectivity index is 2.94. The lowest BCUT2D eigenvalue weighted by Crippen LogP contribution is -2.30. The van der Waals surface area contributed by atoms with Crippen LogP contribution in [0.1, 0.15) is 6.42 Å². The molecule has 0 spiro atoms. The first-order chi connectivity index (χ1) is 8.78. The van der Waals surface area contributed by atoms with Gasteiger partial charge in [-0.1, -0.05) is 11.6 Å². The third-order valence-electron chi connectivity index (χ3n) is 2.44. The maximum absolute atomic E-state index is 13.6. The predicted molar refractivity (Wildman–Crippen MR) is 67.9 cm³/mol. The third-order valence-corrected chi connectivity index (χ3v) is 4.57. The quantitative estimate of drug-likeness (QED) is 0.776. The fraction of sp³-hybridized carbons (Fsp3) is 0.364. The molecule has 0 aromatic heterocycles. The molecule has 0 aliphatic carbocycles. The number of nitrogens with zero attached hydrogens (tertiary/aromatic N) is 1. The summed E-state index contributed by atoms with van der Waals surface area (Å²) < 4.78 is 43.0. The van der Waals surface area contributed by atoms with Crippen LogP contribution < -0.4 is 0 Å². The van der Waals surface area contributed by atoms with Crippen LogP contribution in [0, 0.1) is 5.82 Å². The third kappa shape index (κ3) is 3.89. The molecule has 19 heavy (non-hydrogen) atoms. The van der Waals surface area contributed by atoms with Crippen LogP contribution in [0.5, 0.6) is 0 Å². The van der Waals surface area contributed by atoms with Gasteiger partial charge in [-0.25, -0.2) is 17.1 Å². The Morgan fingerprint density at radius 3 is 2.63 bits per heavy atom. The van der Waals surface area contributed by atoms with Crippen LogP contribution in [-0.2, 0) is 19.6 Å². The number of ether oxygens (including phenoxy) is 1. The molecular formula is C11H13ClFNO4S. The maximum Gasteiger partial charge on any atom is 0.306 e. The molecule has 0 atom stereocenters. The minimum atomic E-state index is -4.00. The van der Waals surface area contributed by atoms with Gasteiger partial charge in [-0.05, 0) is 18.2 Å². The standard InChI is InChI=1S/C11H13ClFNO4S/c1-14(6-5-11(15)18-2)19(16,17)10-4-3-8(12)7-9(10)13/h3-4,7H,5-6H2,1-2H3. The lowest BCUT2D eigenvalue weighted by atomic mass is 10.3. The van der Waals surface area contributed by atoms with E-state index >= 15 is 0 Å². The molecule has 0 aliphatic heterocycles. The largest absolute Gasteiger partial charge is 0.469 e. The SMILES string of the molecule is COC(=O)CCN(C)S(=O)(=O)c1ccc(Cl)cc1F. The fourth-order valence-electron chi connectivity index (χ4n) is 1.32. The van der Waals surface area contributed by atoms with Crippen LogP contribution in [0.3, 0.4) is 0 Å². The number of rotatable bonds is 5. The Hall–Kier alpha value is -1.18. The second kappa shape index (κ2) is 6.31. The smallest absolute Gasteiger partial charge is 0.306 e. The molecule has 0 amide bonds. The molecule has 0 radical (unpaired) electrons. The average molecular weight is 310 g/mol. The number of hydrogen-bond acceptors (Lipinski definition) is 4. The summed E-state index contributed by atoms with van der Waals surface area (Å²) in [7, 11) is -1.54. The Kier molecular flexibility index (Phi) is 5.28. The molecule has 0 saturated heterocycles. The van der Waals surface area contributed by atoms with Crippen LogP contribution in [0.25, 0.3) is 0 Å². The number of sulfonamides is 1. The summed E-state index contributed by atoms with van der Waals surface area (Å²) >= 11 is 5.56. The highest BCUT2D eigenvalue weighted by Crippen LogP contribution is 2.21. The number of carbonyl (C=O) groups is 1. The van der Waals surface area contributed by atoms with Gasteiger partial charge in [-0.15, -0.1) is 0 Å². The Morgan fingerprint density at radius 2 is 2.11 bits per heavy atom. The number of esters is 1. The summed E-state index contributed by atoms with van der Waals surface area (Å²) in [5.74, 6) is -1.48. The average Bonchev–Trinajstić information content (AvgIpc) is 2.34. The van der Waals surface area contributed by atoms with Crippen LogP contribution >= 0.6 is 11.6 Å². The zero-order valence-corrected chi connectivity index (χ0v) is 12.0. The molecular weight excluding hydrogens is 297 g/mol. The number of benzene rings is 1. The summed E-state index contributed by atoms with van der Waals surface area (Å²) in [4.78, 5) is 10.5. The zero-order valence-electron chi connectivity index (χ0n) is 10.4. The number of halogens is 2. The van der Waals surface area contributed by atoms with Gasteiger partial charge in [0.25, 0.3) is 0 Å². The first-order valence-electron chi connectivity index (χ1n) is 5.27. The van der Waals surface area contributed by atoms with Gasteiger partial charge in [0.2, 0.25) is 10.0 Å². The molecule has 1 aromatic carbocycles. The summed E-state index contributed by atoms with van der Waals surface area (Å²) in [6.45, 7) is -0.100. The van der Waals surface area contributed by atoms with Crippen LogP contribution in [0.2, 0.25) is 5.02 Å². The molecule has 1 aromatic rings. The molecule has 8 heteroatoms. The van der Waals surface area contributed by atoms with E-state index in [-0.39, 0.29) is 18.0 Å². The summed E-state index contributed by atoms with van der Waals surface area (Å²) in [6, 6.07) is 3.29. The van der Waals surface area contributed by atoms with Crippen molar-refractivity contribution in [2.75, 3.05) is 20.7 Å². The van der Waals surface area contributed by atoms with E-state index in [0.29, 0.717) is 0 Å². The first-order valence-corrected chi connectivity index (χ1v) is 7.09. The van der Waals surface area contributed by atoms with Crippen molar-refractivity contribution in [1.82, 2.24) is 4.31 Å². The minimum Gasteiger partial charge on any atom is -0.469 e. The molecule has 0 aliphatic rings. The van der Waals surface area contributed by atoms with Gasteiger partial charge >= 0.3 is 5.97 Å². The monoisotopic (exact) mass is 309 g/mol. The van der Waals surface area contributed by atoms with Crippen molar-refractivity contribution in [3.63, 3.8) is 0 Å². The lowest BCUT2D eigenvalue weighted by molar-refractivity contribution is -0.140. The van der Waals surface area contributed by atoms with E-state index in [2.05, 4.69) is 4.74 Å². The van der Waals surface area contributed by atoms with Crippen LogP contribution in [-0.4, -0.2) is 39.4 Å². The van der Waals surface area contributed by atoms with Crippen molar-refractivity contribution in [2.24, 2.45) is 0 Å². The van der Waals surface area contributed by atoms with Gasteiger partial charge in [0, 0.05) is 18.6 Å². The molecule has 0 bridgehead atoms. The first kappa shape index (κ1) is 15.9. The van der Waals surface area contributed by atoms with Crippen molar-refractivity contribution >= 4 is 27.6 Å². The van der Waals surface area contributed by atoms with Crippen molar-refractivity contribution in [2.45, 2.75) is 11.3 Å². The molecule has 0 fully saturated rings. The van der Waals surface area contributed by atoms with Crippen molar-refractivity contribution in [1.29, 1.82) is 0 Å². The minimum absolute atomic E-state index is 0.100. The highest BCUT2D eigenvalue weighted by molar-refractivity contribution is 7.89. The number of methoxy groups -OCH3 is 1. The number of hydrogen-bond donors (Lipinski definition) is 0. The molecule has 1 rings (SSSR count). The summed E-state index contributed by atoms with van der Waals surface area (Å²) in [6.07, 6.45) is -0.110. The topological polar surface area (TPSA) is 63.7 Å². The fourth-order valence-corrected chi connectivity index (χ4v) is 2.69. The van der Waals surface area contributed by atoms with Gasteiger partial charge in [0.05, 0.1) is 13.5 Å². The van der Waals surface area contributed by atoms with Crippen molar-refractivity contribution < 1.29 is 22.3 Å². The Morgan fingerprint density at radius 1 is 1.47 bits per heavy atom. The normalized spacial score (nSPS) is 11.6. The van der Waals surface area contributed by atoms with Crippen LogP contribution in [0.4, 0.5) is 4.39 Å². The number of carbonyl (C=O) groups excluding carboxylic acids is 1. The van der Waals surface area contributed by atoms with E-state index in [1.165, 1.54) is 20.2 Å². The van der Waals surface area contributed by atoms with E-state index in [4.69, 9.17) is 11.6 Å². The maximum atomic E-state index is 13.6. The lowest BCUT2D eigenvalue weighted by Gasteiger charge is -2.17. The van der Waals surface area contributed by atoms with Gasteiger partial charge in [-0.2, -0.15) is 0 Å². The van der Waals surface area contributed by atoms with E-state index < -0.39 is 26.7 Å².